The summed E-state index contributed by atoms with van der Waals surface area (Å²) in [4.78, 5) is 24.2. The summed E-state index contributed by atoms with van der Waals surface area (Å²) in [6, 6.07) is 7.54. The second-order valence-electron chi connectivity index (χ2n) is 6.29. The Kier molecular flexibility index (Phi) is 5.13. The van der Waals surface area contributed by atoms with Crippen molar-refractivity contribution in [2.75, 3.05) is 6.54 Å². The van der Waals surface area contributed by atoms with Gasteiger partial charge in [0.05, 0.1) is 0 Å². The minimum Gasteiger partial charge on any atom is -0.451 e. The number of aromatic nitrogens is 2. The van der Waals surface area contributed by atoms with Crippen LogP contribution in [0.25, 0.3) is 11.0 Å². The fourth-order valence-electron chi connectivity index (χ4n) is 3.00. The third-order valence-corrected chi connectivity index (χ3v) is 6.35. The van der Waals surface area contributed by atoms with Gasteiger partial charge in [-0.25, -0.2) is 0 Å². The average Bonchev–Trinajstić information content (AvgIpc) is 3.25. The zero-order valence-electron chi connectivity index (χ0n) is 14.7. The number of rotatable bonds is 5. The smallest absolute Gasteiger partial charge is 0.287 e. The quantitative estimate of drug-likeness (QED) is 0.637. The Morgan fingerprint density at radius 2 is 2.26 bits per heavy atom. The lowest BCUT2D eigenvalue weighted by Gasteiger charge is -2.23. The van der Waals surface area contributed by atoms with Gasteiger partial charge in [0, 0.05) is 35.7 Å². The van der Waals surface area contributed by atoms with Gasteiger partial charge in [-0.05, 0) is 19.4 Å². The lowest BCUT2D eigenvalue weighted by molar-refractivity contribution is -0.122. The Bertz CT molecular complexity index is 988. The lowest BCUT2D eigenvalue weighted by atomic mass is 10.1. The fourth-order valence-corrected chi connectivity index (χ4v) is 4.85. The first-order valence-electron chi connectivity index (χ1n) is 8.61. The highest BCUT2D eigenvalue weighted by Gasteiger charge is 2.25. The minimum atomic E-state index is -0.253. The molecule has 0 aliphatic carbocycles. The number of fused-ring (bicyclic) bond motifs is 1. The van der Waals surface area contributed by atoms with Crippen LogP contribution in [0.3, 0.4) is 0 Å². The summed E-state index contributed by atoms with van der Waals surface area (Å²) in [6.07, 6.45) is 1.05. The molecule has 2 aromatic heterocycles. The molecule has 7 nitrogen and oxygen atoms in total. The third-order valence-electron chi connectivity index (χ3n) is 4.35. The molecule has 4 rings (SSSR count). The van der Waals surface area contributed by atoms with Gasteiger partial charge in [-0.1, -0.05) is 41.3 Å². The molecule has 1 fully saturated rings. The van der Waals surface area contributed by atoms with Gasteiger partial charge in [0.15, 0.2) is 10.1 Å². The van der Waals surface area contributed by atoms with E-state index in [0.717, 1.165) is 20.3 Å². The number of thioether (sulfide) groups is 1. The van der Waals surface area contributed by atoms with Crippen molar-refractivity contribution in [1.82, 2.24) is 20.8 Å². The van der Waals surface area contributed by atoms with Crippen molar-refractivity contribution in [2.24, 2.45) is 0 Å². The van der Waals surface area contributed by atoms with Crippen LogP contribution in [0.1, 0.15) is 34.0 Å². The van der Waals surface area contributed by atoms with E-state index in [1.807, 2.05) is 31.2 Å². The van der Waals surface area contributed by atoms with Crippen LogP contribution in [-0.4, -0.2) is 34.6 Å². The van der Waals surface area contributed by atoms with Gasteiger partial charge >= 0.3 is 0 Å². The number of hydrogen-bond donors (Lipinski definition) is 2. The van der Waals surface area contributed by atoms with Gasteiger partial charge in [-0.2, -0.15) is 0 Å². The molecule has 1 aliphatic rings. The van der Waals surface area contributed by atoms with Crippen molar-refractivity contribution in [1.29, 1.82) is 0 Å². The molecule has 1 atom stereocenters. The number of para-hydroxylation sites is 1. The van der Waals surface area contributed by atoms with Gasteiger partial charge in [0.1, 0.15) is 10.6 Å². The number of furan rings is 1. The maximum atomic E-state index is 12.8. The maximum absolute atomic E-state index is 12.8. The van der Waals surface area contributed by atoms with Crippen molar-refractivity contribution >= 4 is 45.9 Å². The van der Waals surface area contributed by atoms with Crippen LogP contribution in [0.2, 0.25) is 0 Å². The van der Waals surface area contributed by atoms with E-state index in [9.17, 15) is 9.59 Å². The first kappa shape index (κ1) is 18.0. The molecule has 3 heterocycles. The van der Waals surface area contributed by atoms with Crippen LogP contribution in [0.15, 0.2) is 33.0 Å². The monoisotopic (exact) mass is 402 g/mol. The number of benzene rings is 1. The number of hydrogen-bond acceptors (Lipinski definition) is 7. The van der Waals surface area contributed by atoms with Crippen molar-refractivity contribution in [2.45, 2.75) is 35.9 Å². The molecule has 0 bridgehead atoms. The number of piperidine rings is 1. The highest BCUT2D eigenvalue weighted by Crippen LogP contribution is 2.33. The van der Waals surface area contributed by atoms with Gasteiger partial charge < -0.3 is 15.1 Å². The standard InChI is InChI=1S/C18H18N4O3S2/c1-10-21-22-18(27-10)26-9-13-12-4-2-3-5-14(12)25-16(13)17(24)20-11-6-7-15(23)19-8-11/h2-5,11H,6-9H2,1H3,(H,19,23)(H,20,24). The molecule has 1 aliphatic heterocycles. The van der Waals surface area contributed by atoms with Crippen molar-refractivity contribution in [3.8, 4) is 0 Å². The molecule has 2 N–H and O–H groups in total. The van der Waals surface area contributed by atoms with Crippen LogP contribution in [0, 0.1) is 6.92 Å². The van der Waals surface area contributed by atoms with Gasteiger partial charge in [-0.3, -0.25) is 9.59 Å². The normalized spacial score (nSPS) is 17.1. The molecular weight excluding hydrogens is 384 g/mol. The summed E-state index contributed by atoms with van der Waals surface area (Å²) in [5.74, 6) is 0.655. The zero-order valence-corrected chi connectivity index (χ0v) is 16.3. The molecule has 3 aromatic rings. The van der Waals surface area contributed by atoms with E-state index in [-0.39, 0.29) is 17.9 Å². The maximum Gasteiger partial charge on any atom is 0.287 e. The lowest BCUT2D eigenvalue weighted by Crippen LogP contribution is -2.47. The van der Waals surface area contributed by atoms with Crippen LogP contribution in [-0.2, 0) is 10.5 Å². The van der Waals surface area contributed by atoms with E-state index in [2.05, 4.69) is 20.8 Å². The van der Waals surface area contributed by atoms with E-state index in [1.165, 1.54) is 23.1 Å². The Labute approximate surface area is 163 Å². The molecule has 2 amide bonds. The van der Waals surface area contributed by atoms with E-state index in [1.54, 1.807) is 0 Å². The summed E-state index contributed by atoms with van der Waals surface area (Å²) in [5, 5.41) is 15.7. The van der Waals surface area contributed by atoms with Crippen LogP contribution in [0.5, 0.6) is 0 Å². The van der Waals surface area contributed by atoms with Gasteiger partial charge in [0.2, 0.25) is 5.91 Å². The predicted molar refractivity (Wildman–Crippen MR) is 104 cm³/mol. The molecule has 1 aromatic carbocycles. The second kappa shape index (κ2) is 7.69. The Morgan fingerprint density at radius 1 is 1.41 bits per heavy atom. The number of nitrogens with one attached hydrogen (secondary N) is 2. The van der Waals surface area contributed by atoms with E-state index in [0.29, 0.717) is 36.5 Å². The number of carbonyl (C=O) groups excluding carboxylic acids is 2. The molecule has 27 heavy (non-hydrogen) atoms. The van der Waals surface area contributed by atoms with Crippen molar-refractivity contribution in [3.63, 3.8) is 0 Å². The number of carbonyl (C=O) groups is 2. The molecule has 0 radical (unpaired) electrons. The van der Waals surface area contributed by atoms with Crippen molar-refractivity contribution < 1.29 is 14.0 Å². The largest absolute Gasteiger partial charge is 0.451 e. The summed E-state index contributed by atoms with van der Waals surface area (Å²) in [7, 11) is 0. The summed E-state index contributed by atoms with van der Waals surface area (Å²) in [5.41, 5.74) is 1.53. The number of amides is 2. The first-order valence-corrected chi connectivity index (χ1v) is 10.4. The SMILES string of the molecule is Cc1nnc(SCc2c(C(=O)NC3CCC(=O)NC3)oc3ccccc23)s1. The number of aryl methyl sites for hydroxylation is 1. The molecular formula is C18H18N4O3S2. The number of nitrogens with zero attached hydrogens (tertiary/aromatic N) is 2. The van der Waals surface area contributed by atoms with Crippen molar-refractivity contribution in [3.05, 3.63) is 40.6 Å². The Hall–Kier alpha value is -2.39. The molecule has 0 spiro atoms. The molecule has 0 saturated carbocycles. The molecule has 140 valence electrons. The van der Waals surface area contributed by atoms with E-state index >= 15 is 0 Å². The summed E-state index contributed by atoms with van der Waals surface area (Å²) in [6.45, 7) is 2.36. The van der Waals surface area contributed by atoms with Crippen LogP contribution >= 0.6 is 23.1 Å². The van der Waals surface area contributed by atoms with Gasteiger partial charge in [0.25, 0.3) is 5.91 Å². The Morgan fingerprint density at radius 3 is 3.00 bits per heavy atom. The van der Waals surface area contributed by atoms with Crippen LogP contribution < -0.4 is 10.6 Å². The predicted octanol–water partition coefficient (Wildman–Crippen LogP) is 2.89. The van der Waals surface area contributed by atoms with Gasteiger partial charge in [-0.15, -0.1) is 10.2 Å². The minimum absolute atomic E-state index is 0.0219. The molecule has 9 heteroatoms. The first-order chi connectivity index (χ1) is 13.1. The highest BCUT2D eigenvalue weighted by atomic mass is 32.2. The average molecular weight is 403 g/mol. The summed E-state index contributed by atoms with van der Waals surface area (Å²) < 4.78 is 6.73. The second-order valence-corrected chi connectivity index (χ2v) is 8.70. The fraction of sp³-hybridized carbons (Fsp3) is 0.333. The summed E-state index contributed by atoms with van der Waals surface area (Å²) >= 11 is 3.07. The topological polar surface area (TPSA) is 97.1 Å². The molecule has 1 saturated heterocycles. The zero-order chi connectivity index (χ0) is 18.8. The van der Waals surface area contributed by atoms with E-state index in [4.69, 9.17) is 4.42 Å². The molecule has 1 unspecified atom stereocenters. The van der Waals surface area contributed by atoms with Crippen LogP contribution in [0.4, 0.5) is 0 Å². The Balaban J connectivity index is 1.57. The van der Waals surface area contributed by atoms with E-state index < -0.39 is 0 Å². The third kappa shape index (κ3) is 3.98. The highest BCUT2D eigenvalue weighted by molar-refractivity contribution is 8.00.